The number of likely N-dealkylation sites (tertiary alicyclic amines) is 1. The number of carboxylic acid groups (broad SMARTS) is 1. The molecule has 6 nitrogen and oxygen atoms in total. The maximum absolute atomic E-state index is 12.5. The predicted octanol–water partition coefficient (Wildman–Crippen LogP) is 2.93. The molecule has 0 unspecified atom stereocenters. The van der Waals surface area contributed by atoms with Gasteiger partial charge in [-0.15, -0.1) is 0 Å². The van der Waals surface area contributed by atoms with Crippen LogP contribution in [0.1, 0.15) is 48.9 Å². The monoisotopic (exact) mass is 358 g/mol. The molecule has 0 bridgehead atoms. The SMILES string of the molecule is O=C(O)C1CCC(NC(=O)N2CCC(C(=O)c3ccccc3)CC2)CC1. The molecule has 2 N–H and O–H groups in total. The second-order valence-electron chi connectivity index (χ2n) is 7.33. The maximum atomic E-state index is 12.5. The van der Waals surface area contributed by atoms with E-state index in [4.69, 9.17) is 5.11 Å². The molecule has 0 atom stereocenters. The molecule has 1 aliphatic heterocycles. The summed E-state index contributed by atoms with van der Waals surface area (Å²) in [6, 6.07) is 9.29. The average molecular weight is 358 g/mol. The van der Waals surface area contributed by atoms with Gasteiger partial charge in [-0.1, -0.05) is 30.3 Å². The van der Waals surface area contributed by atoms with Gasteiger partial charge in [0.25, 0.3) is 0 Å². The first kappa shape index (κ1) is 18.4. The van der Waals surface area contributed by atoms with E-state index in [1.165, 1.54) is 0 Å². The van der Waals surface area contributed by atoms with Crippen LogP contribution in [0.3, 0.4) is 0 Å². The van der Waals surface area contributed by atoms with Crippen molar-refractivity contribution in [3.8, 4) is 0 Å². The van der Waals surface area contributed by atoms with Crippen LogP contribution < -0.4 is 5.32 Å². The van der Waals surface area contributed by atoms with Gasteiger partial charge in [-0.05, 0) is 38.5 Å². The number of hydrogen-bond acceptors (Lipinski definition) is 3. The molecule has 1 aromatic carbocycles. The number of hydrogen-bond donors (Lipinski definition) is 2. The van der Waals surface area contributed by atoms with Crippen LogP contribution in [0.4, 0.5) is 4.79 Å². The fourth-order valence-electron chi connectivity index (χ4n) is 3.93. The van der Waals surface area contributed by atoms with E-state index in [9.17, 15) is 14.4 Å². The van der Waals surface area contributed by atoms with E-state index in [-0.39, 0.29) is 29.7 Å². The Balaban J connectivity index is 1.44. The summed E-state index contributed by atoms with van der Waals surface area (Å²) in [7, 11) is 0. The lowest BCUT2D eigenvalue weighted by Gasteiger charge is -2.34. The molecule has 0 spiro atoms. The van der Waals surface area contributed by atoms with Gasteiger partial charge in [0.2, 0.25) is 0 Å². The van der Waals surface area contributed by atoms with Gasteiger partial charge in [-0.3, -0.25) is 9.59 Å². The summed E-state index contributed by atoms with van der Waals surface area (Å²) in [6.45, 7) is 1.17. The van der Waals surface area contributed by atoms with Crippen molar-refractivity contribution in [1.29, 1.82) is 0 Å². The highest BCUT2D eigenvalue weighted by atomic mass is 16.4. The van der Waals surface area contributed by atoms with Crippen molar-refractivity contribution in [1.82, 2.24) is 10.2 Å². The van der Waals surface area contributed by atoms with Crippen LogP contribution in [0.25, 0.3) is 0 Å². The van der Waals surface area contributed by atoms with Gasteiger partial charge in [0, 0.05) is 30.6 Å². The number of urea groups is 1. The van der Waals surface area contributed by atoms with E-state index < -0.39 is 5.97 Å². The van der Waals surface area contributed by atoms with E-state index in [2.05, 4.69) is 5.32 Å². The van der Waals surface area contributed by atoms with Crippen LogP contribution in [0.5, 0.6) is 0 Å². The molecule has 2 amide bonds. The van der Waals surface area contributed by atoms with E-state index in [1.54, 1.807) is 4.90 Å². The Labute approximate surface area is 153 Å². The van der Waals surface area contributed by atoms with Crippen molar-refractivity contribution in [3.63, 3.8) is 0 Å². The minimum Gasteiger partial charge on any atom is -0.481 e. The Morgan fingerprint density at radius 1 is 0.885 bits per heavy atom. The Hall–Kier alpha value is -2.37. The van der Waals surface area contributed by atoms with Gasteiger partial charge in [0.15, 0.2) is 5.78 Å². The van der Waals surface area contributed by atoms with E-state index in [0.29, 0.717) is 51.6 Å². The van der Waals surface area contributed by atoms with Crippen LogP contribution in [-0.4, -0.2) is 46.9 Å². The third kappa shape index (κ3) is 4.42. The first-order valence-electron chi connectivity index (χ1n) is 9.42. The number of benzene rings is 1. The zero-order chi connectivity index (χ0) is 18.5. The molecule has 1 aliphatic carbocycles. The number of carbonyl (C=O) groups excluding carboxylic acids is 2. The largest absolute Gasteiger partial charge is 0.481 e. The summed E-state index contributed by atoms with van der Waals surface area (Å²) < 4.78 is 0. The topological polar surface area (TPSA) is 86.7 Å². The van der Waals surface area contributed by atoms with Crippen LogP contribution in [0.15, 0.2) is 30.3 Å². The molecule has 1 saturated heterocycles. The highest BCUT2D eigenvalue weighted by molar-refractivity contribution is 5.98. The normalized spacial score (nSPS) is 24.1. The quantitative estimate of drug-likeness (QED) is 0.810. The van der Waals surface area contributed by atoms with Gasteiger partial charge in [0.05, 0.1) is 5.92 Å². The van der Waals surface area contributed by atoms with Gasteiger partial charge in [-0.25, -0.2) is 4.79 Å². The Morgan fingerprint density at radius 2 is 1.50 bits per heavy atom. The fraction of sp³-hybridized carbons (Fsp3) is 0.550. The third-order valence-electron chi connectivity index (χ3n) is 5.62. The number of nitrogens with zero attached hydrogens (tertiary/aromatic N) is 1. The van der Waals surface area contributed by atoms with Gasteiger partial charge in [0.1, 0.15) is 0 Å². The molecule has 3 rings (SSSR count). The molecule has 2 fully saturated rings. The summed E-state index contributed by atoms with van der Waals surface area (Å²) >= 11 is 0. The van der Waals surface area contributed by atoms with Gasteiger partial charge < -0.3 is 15.3 Å². The second-order valence-corrected chi connectivity index (χ2v) is 7.33. The number of piperidine rings is 1. The Bertz CT molecular complexity index is 645. The number of amides is 2. The number of ketones is 1. The minimum absolute atomic E-state index is 0.0209. The molecular formula is C20H26N2O4. The van der Waals surface area contributed by atoms with Gasteiger partial charge >= 0.3 is 12.0 Å². The summed E-state index contributed by atoms with van der Waals surface area (Å²) in [5.74, 6) is -0.868. The molecule has 140 valence electrons. The number of rotatable bonds is 4. The summed E-state index contributed by atoms with van der Waals surface area (Å²) in [6.07, 6.45) is 4.04. The Morgan fingerprint density at radius 3 is 2.08 bits per heavy atom. The number of Topliss-reactive ketones (excluding diaryl/α,β-unsaturated/α-hetero) is 1. The number of aliphatic carboxylic acids is 1. The summed E-state index contributed by atoms with van der Waals surface area (Å²) in [5.41, 5.74) is 0.741. The lowest BCUT2D eigenvalue weighted by Crippen LogP contribution is -2.49. The number of nitrogens with one attached hydrogen (secondary N) is 1. The first-order valence-corrected chi connectivity index (χ1v) is 9.42. The van der Waals surface area contributed by atoms with Crippen LogP contribution in [0.2, 0.25) is 0 Å². The lowest BCUT2D eigenvalue weighted by molar-refractivity contribution is -0.142. The molecule has 26 heavy (non-hydrogen) atoms. The zero-order valence-corrected chi connectivity index (χ0v) is 14.9. The van der Waals surface area contributed by atoms with Crippen molar-refractivity contribution in [2.45, 2.75) is 44.6 Å². The summed E-state index contributed by atoms with van der Waals surface area (Å²) in [4.78, 5) is 37.7. The molecule has 1 aromatic rings. The molecular weight excluding hydrogens is 332 g/mol. The van der Waals surface area contributed by atoms with Crippen molar-refractivity contribution in [3.05, 3.63) is 35.9 Å². The van der Waals surface area contributed by atoms with Crippen LogP contribution >= 0.6 is 0 Å². The van der Waals surface area contributed by atoms with Crippen molar-refractivity contribution in [2.24, 2.45) is 11.8 Å². The fourth-order valence-corrected chi connectivity index (χ4v) is 3.93. The van der Waals surface area contributed by atoms with Crippen LogP contribution in [0, 0.1) is 11.8 Å². The molecule has 2 aliphatic rings. The molecule has 6 heteroatoms. The average Bonchev–Trinajstić information content (AvgIpc) is 2.68. The third-order valence-corrected chi connectivity index (χ3v) is 5.62. The number of carbonyl (C=O) groups is 3. The lowest BCUT2D eigenvalue weighted by atomic mass is 9.86. The second kappa shape index (κ2) is 8.34. The van der Waals surface area contributed by atoms with Crippen molar-refractivity contribution >= 4 is 17.8 Å². The first-order chi connectivity index (χ1) is 12.5. The summed E-state index contributed by atoms with van der Waals surface area (Å²) in [5, 5.41) is 12.1. The predicted molar refractivity (Wildman–Crippen MR) is 97.0 cm³/mol. The molecule has 0 radical (unpaired) electrons. The van der Waals surface area contributed by atoms with Crippen molar-refractivity contribution < 1.29 is 19.5 Å². The van der Waals surface area contributed by atoms with E-state index in [1.807, 2.05) is 30.3 Å². The Kier molecular flexibility index (Phi) is 5.91. The molecule has 1 heterocycles. The van der Waals surface area contributed by atoms with Gasteiger partial charge in [-0.2, -0.15) is 0 Å². The van der Waals surface area contributed by atoms with E-state index >= 15 is 0 Å². The zero-order valence-electron chi connectivity index (χ0n) is 14.9. The van der Waals surface area contributed by atoms with Crippen molar-refractivity contribution in [2.75, 3.05) is 13.1 Å². The maximum Gasteiger partial charge on any atom is 0.317 e. The van der Waals surface area contributed by atoms with Crippen LogP contribution in [-0.2, 0) is 4.79 Å². The standard InChI is InChI=1S/C20H26N2O4/c23-18(14-4-2-1-3-5-14)15-10-12-22(13-11-15)20(26)21-17-8-6-16(7-9-17)19(24)25/h1-5,15-17H,6-13H2,(H,21,26)(H,24,25). The minimum atomic E-state index is -0.736. The number of carboxylic acids is 1. The molecule has 0 aromatic heterocycles. The highest BCUT2D eigenvalue weighted by Gasteiger charge is 2.30. The van der Waals surface area contributed by atoms with E-state index in [0.717, 1.165) is 5.56 Å². The highest BCUT2D eigenvalue weighted by Crippen LogP contribution is 2.25. The smallest absolute Gasteiger partial charge is 0.317 e. The molecule has 1 saturated carbocycles.